The highest BCUT2D eigenvalue weighted by molar-refractivity contribution is 5.63. The molecule has 0 amide bonds. The molecular weight excluding hydrogens is 292 g/mol. The summed E-state index contributed by atoms with van der Waals surface area (Å²) in [7, 11) is 3.24. The molecule has 0 aliphatic rings. The molecule has 1 aromatic carbocycles. The Kier molecular flexibility index (Phi) is 5.62. The first-order chi connectivity index (χ1) is 11.1. The number of aromatic nitrogens is 2. The smallest absolute Gasteiger partial charge is 0.162 e. The molecule has 0 spiro atoms. The summed E-state index contributed by atoms with van der Waals surface area (Å²) in [5.74, 6) is 3.78. The van der Waals surface area contributed by atoms with Gasteiger partial charge in [0.15, 0.2) is 11.5 Å². The van der Waals surface area contributed by atoms with Crippen molar-refractivity contribution in [2.45, 2.75) is 20.8 Å². The molecule has 6 nitrogen and oxygen atoms in total. The molecule has 0 bridgehead atoms. The van der Waals surface area contributed by atoms with Gasteiger partial charge < -0.3 is 19.7 Å². The summed E-state index contributed by atoms with van der Waals surface area (Å²) in [5, 5.41) is 3.30. The van der Waals surface area contributed by atoms with E-state index in [1.165, 1.54) is 0 Å². The normalized spacial score (nSPS) is 10.3. The maximum absolute atomic E-state index is 5.33. The lowest BCUT2D eigenvalue weighted by Gasteiger charge is -2.20. The first-order valence-corrected chi connectivity index (χ1v) is 7.70. The highest BCUT2D eigenvalue weighted by Crippen LogP contribution is 2.31. The van der Waals surface area contributed by atoms with E-state index >= 15 is 0 Å². The third-order valence-electron chi connectivity index (χ3n) is 3.57. The van der Waals surface area contributed by atoms with E-state index in [0.717, 1.165) is 36.2 Å². The molecule has 0 fully saturated rings. The van der Waals surface area contributed by atoms with Crippen molar-refractivity contribution in [1.29, 1.82) is 0 Å². The molecule has 1 aromatic heterocycles. The minimum atomic E-state index is 0.673. The topological polar surface area (TPSA) is 59.5 Å². The minimum Gasteiger partial charge on any atom is -0.493 e. The summed E-state index contributed by atoms with van der Waals surface area (Å²) in [6.45, 7) is 7.93. The van der Waals surface area contributed by atoms with Gasteiger partial charge in [-0.1, -0.05) is 0 Å². The molecule has 2 aromatic rings. The lowest BCUT2D eigenvalue weighted by molar-refractivity contribution is 0.355. The molecule has 124 valence electrons. The van der Waals surface area contributed by atoms with E-state index in [1.54, 1.807) is 14.2 Å². The highest BCUT2D eigenvalue weighted by Gasteiger charge is 2.09. The Morgan fingerprint density at radius 3 is 2.30 bits per heavy atom. The van der Waals surface area contributed by atoms with E-state index in [1.807, 2.05) is 31.2 Å². The van der Waals surface area contributed by atoms with E-state index in [0.29, 0.717) is 11.5 Å². The van der Waals surface area contributed by atoms with Gasteiger partial charge in [0.05, 0.1) is 14.2 Å². The van der Waals surface area contributed by atoms with E-state index in [2.05, 4.69) is 34.0 Å². The molecule has 1 heterocycles. The van der Waals surface area contributed by atoms with Crippen molar-refractivity contribution in [2.24, 2.45) is 0 Å². The molecule has 6 heteroatoms. The van der Waals surface area contributed by atoms with Crippen LogP contribution >= 0.6 is 0 Å². The molecule has 0 aliphatic carbocycles. The Morgan fingerprint density at radius 2 is 1.70 bits per heavy atom. The summed E-state index contributed by atoms with van der Waals surface area (Å²) >= 11 is 0. The average molecular weight is 316 g/mol. The van der Waals surface area contributed by atoms with Gasteiger partial charge in [-0.3, -0.25) is 0 Å². The van der Waals surface area contributed by atoms with Crippen molar-refractivity contribution >= 4 is 17.3 Å². The van der Waals surface area contributed by atoms with E-state index in [9.17, 15) is 0 Å². The molecule has 0 atom stereocenters. The number of anilines is 3. The predicted molar refractivity (Wildman–Crippen MR) is 93.2 cm³/mol. The largest absolute Gasteiger partial charge is 0.493 e. The Bertz CT molecular complexity index is 657. The number of benzene rings is 1. The monoisotopic (exact) mass is 316 g/mol. The van der Waals surface area contributed by atoms with Crippen molar-refractivity contribution in [3.63, 3.8) is 0 Å². The highest BCUT2D eigenvalue weighted by atomic mass is 16.5. The first-order valence-electron chi connectivity index (χ1n) is 7.70. The summed E-state index contributed by atoms with van der Waals surface area (Å²) < 4.78 is 10.6. The second-order valence-corrected chi connectivity index (χ2v) is 5.03. The number of hydrogen-bond acceptors (Lipinski definition) is 6. The van der Waals surface area contributed by atoms with Gasteiger partial charge in [-0.15, -0.1) is 0 Å². The summed E-state index contributed by atoms with van der Waals surface area (Å²) in [6.07, 6.45) is 0. The van der Waals surface area contributed by atoms with Crippen LogP contribution < -0.4 is 19.7 Å². The Labute approximate surface area is 137 Å². The molecule has 0 saturated carbocycles. The molecule has 2 rings (SSSR count). The standard InChI is InChI=1S/C17H24N4O2/c1-6-21(7-2)17-11-16(18-12(3)19-17)20-13-8-9-14(22-4)15(10-13)23-5/h8-11H,6-7H2,1-5H3,(H,18,19,20). The van der Waals surface area contributed by atoms with E-state index < -0.39 is 0 Å². The van der Waals surface area contributed by atoms with Crippen LogP contribution in [0.3, 0.4) is 0 Å². The van der Waals surface area contributed by atoms with Gasteiger partial charge in [-0.25, -0.2) is 9.97 Å². The Morgan fingerprint density at radius 1 is 1.00 bits per heavy atom. The number of nitrogens with zero attached hydrogens (tertiary/aromatic N) is 3. The van der Waals surface area contributed by atoms with Crippen LogP contribution in [0.25, 0.3) is 0 Å². The van der Waals surface area contributed by atoms with Crippen LogP contribution in [-0.2, 0) is 0 Å². The fourth-order valence-corrected chi connectivity index (χ4v) is 2.39. The zero-order valence-electron chi connectivity index (χ0n) is 14.4. The van der Waals surface area contributed by atoms with Gasteiger partial charge in [0.2, 0.25) is 0 Å². The fourth-order valence-electron chi connectivity index (χ4n) is 2.39. The van der Waals surface area contributed by atoms with Crippen molar-refractivity contribution in [2.75, 3.05) is 37.5 Å². The lowest BCUT2D eigenvalue weighted by Crippen LogP contribution is -2.23. The third kappa shape index (κ3) is 4.03. The second-order valence-electron chi connectivity index (χ2n) is 5.03. The van der Waals surface area contributed by atoms with Crippen LogP contribution in [0.1, 0.15) is 19.7 Å². The number of aryl methyl sites for hydroxylation is 1. The van der Waals surface area contributed by atoms with Gasteiger partial charge in [-0.2, -0.15) is 0 Å². The zero-order valence-corrected chi connectivity index (χ0v) is 14.4. The summed E-state index contributed by atoms with van der Waals surface area (Å²) in [6, 6.07) is 7.63. The Hall–Kier alpha value is -2.50. The van der Waals surface area contributed by atoms with E-state index in [-0.39, 0.29) is 0 Å². The van der Waals surface area contributed by atoms with Crippen LogP contribution in [0.2, 0.25) is 0 Å². The van der Waals surface area contributed by atoms with Crippen LogP contribution in [0.15, 0.2) is 24.3 Å². The molecule has 1 N–H and O–H groups in total. The zero-order chi connectivity index (χ0) is 16.8. The molecule has 0 radical (unpaired) electrons. The fraction of sp³-hybridized carbons (Fsp3) is 0.412. The van der Waals surface area contributed by atoms with Crippen LogP contribution in [0, 0.1) is 6.92 Å². The van der Waals surface area contributed by atoms with Crippen molar-refractivity contribution in [1.82, 2.24) is 9.97 Å². The second kappa shape index (κ2) is 7.67. The lowest BCUT2D eigenvalue weighted by atomic mass is 10.2. The van der Waals surface area contributed by atoms with Gasteiger partial charge in [0.25, 0.3) is 0 Å². The number of methoxy groups -OCH3 is 2. The van der Waals surface area contributed by atoms with E-state index in [4.69, 9.17) is 9.47 Å². The van der Waals surface area contributed by atoms with Crippen molar-refractivity contribution in [3.05, 3.63) is 30.1 Å². The summed E-state index contributed by atoms with van der Waals surface area (Å²) in [4.78, 5) is 11.2. The maximum atomic E-state index is 5.33. The minimum absolute atomic E-state index is 0.673. The number of hydrogen-bond donors (Lipinski definition) is 1. The number of nitrogens with one attached hydrogen (secondary N) is 1. The van der Waals surface area contributed by atoms with Crippen LogP contribution in [-0.4, -0.2) is 37.3 Å². The maximum Gasteiger partial charge on any atom is 0.162 e. The SMILES string of the molecule is CCN(CC)c1cc(Nc2ccc(OC)c(OC)c2)nc(C)n1. The van der Waals surface area contributed by atoms with Gasteiger partial charge >= 0.3 is 0 Å². The molecule has 0 saturated heterocycles. The Balaban J connectivity index is 2.29. The van der Waals surface area contributed by atoms with Gasteiger partial charge in [0, 0.05) is 30.9 Å². The quantitative estimate of drug-likeness (QED) is 0.845. The van der Waals surface area contributed by atoms with Crippen molar-refractivity contribution < 1.29 is 9.47 Å². The first kappa shape index (κ1) is 16.9. The predicted octanol–water partition coefficient (Wildman–Crippen LogP) is 3.39. The van der Waals surface area contributed by atoms with Crippen LogP contribution in [0.4, 0.5) is 17.3 Å². The molecule has 23 heavy (non-hydrogen) atoms. The molecule has 0 unspecified atom stereocenters. The number of rotatable bonds is 7. The van der Waals surface area contributed by atoms with Crippen LogP contribution in [0.5, 0.6) is 11.5 Å². The van der Waals surface area contributed by atoms with Gasteiger partial charge in [-0.05, 0) is 32.9 Å². The summed E-state index contributed by atoms with van der Waals surface area (Å²) in [5.41, 5.74) is 0.881. The van der Waals surface area contributed by atoms with Crippen molar-refractivity contribution in [3.8, 4) is 11.5 Å². The number of ether oxygens (including phenoxy) is 2. The molecule has 0 aliphatic heterocycles. The third-order valence-corrected chi connectivity index (χ3v) is 3.57. The average Bonchev–Trinajstić information content (AvgIpc) is 2.55. The molecular formula is C17H24N4O2. The van der Waals surface area contributed by atoms with Gasteiger partial charge in [0.1, 0.15) is 17.5 Å².